The van der Waals surface area contributed by atoms with Crippen LogP contribution in [0, 0.1) is 23.7 Å². The number of hydrogen-bond acceptors (Lipinski definition) is 15. The van der Waals surface area contributed by atoms with Gasteiger partial charge in [0.25, 0.3) is 0 Å². The fraction of sp³-hybridized carbons (Fsp3) is 0.945. The Morgan fingerprint density at radius 3 is 0.772 bits per heavy atom. The molecule has 0 aromatic rings. The summed E-state index contributed by atoms with van der Waals surface area (Å²) in [6.07, 6.45) is 45.9. The summed E-state index contributed by atoms with van der Waals surface area (Å²) in [7, 11) is -9.91. The number of hydrogen-bond donors (Lipinski definition) is 3. The molecule has 4 unspecified atom stereocenters. The van der Waals surface area contributed by atoms with Crippen LogP contribution in [0.3, 0.4) is 0 Å². The third-order valence-corrected chi connectivity index (χ3v) is 19.1. The Balaban J connectivity index is 5.22. The molecule has 0 rings (SSSR count). The summed E-state index contributed by atoms with van der Waals surface area (Å²) in [5.41, 5.74) is 0. The van der Waals surface area contributed by atoms with E-state index in [0.29, 0.717) is 25.7 Å². The van der Waals surface area contributed by atoms with E-state index >= 15 is 0 Å². The fourth-order valence-corrected chi connectivity index (χ4v) is 12.6. The standard InChI is InChI=1S/C73H142O17P2/c1-9-66(8)52-44-36-28-21-24-32-40-48-56-73(78)90-69(60-84-71(76)54-46-38-30-22-19-26-34-42-50-64(4)5)62-88-92(81,82)86-58-67(74)57-85-91(79,80)87-61-68(89-72(77)55-47-39-31-23-20-27-35-43-51-65(6)7)59-83-70(75)53-45-37-29-18-16-14-12-10-11-13-15-17-25-33-41-49-63(2)3/h63-69,74H,9-62H2,1-8H3,(H,79,80)(H,81,82)/t66?,67?,68-,69-/m1/s1. The molecular formula is C73H142O17P2. The molecule has 0 spiro atoms. The van der Waals surface area contributed by atoms with Crippen LogP contribution in [0.25, 0.3) is 0 Å². The number of aliphatic hydroxyl groups is 1. The lowest BCUT2D eigenvalue weighted by molar-refractivity contribution is -0.161. The number of aliphatic hydroxyl groups excluding tert-OH is 1. The number of phosphoric acid groups is 2. The maximum absolute atomic E-state index is 13.0. The number of unbranched alkanes of at least 4 members (excludes halogenated alkanes) is 35. The molecule has 17 nitrogen and oxygen atoms in total. The van der Waals surface area contributed by atoms with Gasteiger partial charge in [-0.2, -0.15) is 0 Å². The summed E-state index contributed by atoms with van der Waals surface area (Å²) in [6, 6.07) is 0. The van der Waals surface area contributed by atoms with E-state index in [1.54, 1.807) is 0 Å². The van der Waals surface area contributed by atoms with Gasteiger partial charge in [0.1, 0.15) is 19.3 Å². The molecule has 0 saturated heterocycles. The van der Waals surface area contributed by atoms with Crippen molar-refractivity contribution >= 4 is 39.5 Å². The summed E-state index contributed by atoms with van der Waals surface area (Å²) >= 11 is 0. The average molecular weight is 1350 g/mol. The molecule has 92 heavy (non-hydrogen) atoms. The van der Waals surface area contributed by atoms with Crippen LogP contribution < -0.4 is 0 Å². The van der Waals surface area contributed by atoms with E-state index in [2.05, 4.69) is 55.4 Å². The molecule has 0 bridgehead atoms. The van der Waals surface area contributed by atoms with Crippen molar-refractivity contribution in [1.29, 1.82) is 0 Å². The lowest BCUT2D eigenvalue weighted by atomic mass is 9.99. The van der Waals surface area contributed by atoms with E-state index in [-0.39, 0.29) is 25.7 Å². The Kier molecular flexibility index (Phi) is 61.3. The molecule has 0 aliphatic rings. The van der Waals surface area contributed by atoms with Crippen LogP contribution >= 0.6 is 15.6 Å². The SMILES string of the molecule is CCC(C)CCCCCCCCCCC(=O)O[C@H](COC(=O)CCCCCCCCCCC(C)C)COP(=O)(O)OCC(O)COP(=O)(O)OC[C@@H](COC(=O)CCCCCCCCCCCCCCCCCC(C)C)OC(=O)CCCCCCCCCCC(C)C. The monoisotopic (exact) mass is 1350 g/mol. The molecule has 0 aliphatic carbocycles. The number of ether oxygens (including phenoxy) is 4. The second-order valence-corrected chi connectivity index (χ2v) is 30.9. The lowest BCUT2D eigenvalue weighted by Gasteiger charge is -2.21. The highest BCUT2D eigenvalue weighted by molar-refractivity contribution is 7.47. The molecule has 0 fully saturated rings. The Hall–Kier alpha value is -1.94. The van der Waals surface area contributed by atoms with Crippen LogP contribution in [-0.4, -0.2) is 96.7 Å². The first-order valence-corrected chi connectivity index (χ1v) is 40.7. The summed E-state index contributed by atoms with van der Waals surface area (Å²) in [6.45, 7) is 14.1. The van der Waals surface area contributed by atoms with Crippen LogP contribution in [0.4, 0.5) is 0 Å². The Morgan fingerprint density at radius 2 is 0.522 bits per heavy atom. The zero-order valence-electron chi connectivity index (χ0n) is 60.2. The first-order valence-electron chi connectivity index (χ1n) is 37.7. The van der Waals surface area contributed by atoms with Crippen LogP contribution in [0.2, 0.25) is 0 Å². The highest BCUT2D eigenvalue weighted by Crippen LogP contribution is 2.45. The van der Waals surface area contributed by atoms with Gasteiger partial charge < -0.3 is 33.8 Å². The van der Waals surface area contributed by atoms with Gasteiger partial charge in [-0.05, 0) is 49.4 Å². The Morgan fingerprint density at radius 1 is 0.304 bits per heavy atom. The van der Waals surface area contributed by atoms with E-state index < -0.39 is 97.5 Å². The van der Waals surface area contributed by atoms with Crippen molar-refractivity contribution in [3.8, 4) is 0 Å². The van der Waals surface area contributed by atoms with E-state index in [1.807, 2.05) is 0 Å². The molecule has 0 heterocycles. The second-order valence-electron chi connectivity index (χ2n) is 28.0. The summed E-state index contributed by atoms with van der Waals surface area (Å²) < 4.78 is 68.4. The Bertz CT molecular complexity index is 1820. The van der Waals surface area contributed by atoms with Crippen molar-refractivity contribution < 1.29 is 80.2 Å². The lowest BCUT2D eigenvalue weighted by Crippen LogP contribution is -2.30. The topological polar surface area (TPSA) is 237 Å². The molecule has 6 atom stereocenters. The van der Waals surface area contributed by atoms with Crippen LogP contribution in [0.5, 0.6) is 0 Å². The van der Waals surface area contributed by atoms with Crippen molar-refractivity contribution in [2.24, 2.45) is 23.7 Å². The minimum atomic E-state index is -4.95. The molecule has 0 aromatic heterocycles. The van der Waals surface area contributed by atoms with Gasteiger partial charge >= 0.3 is 39.5 Å². The maximum Gasteiger partial charge on any atom is 0.472 e. The molecule has 3 N–H and O–H groups in total. The largest absolute Gasteiger partial charge is 0.472 e. The van der Waals surface area contributed by atoms with Crippen LogP contribution in [0.15, 0.2) is 0 Å². The molecule has 0 saturated carbocycles. The highest BCUT2D eigenvalue weighted by atomic mass is 31.2. The molecule has 0 aliphatic heterocycles. The first-order chi connectivity index (χ1) is 44.1. The van der Waals surface area contributed by atoms with Gasteiger partial charge in [-0.3, -0.25) is 37.3 Å². The minimum absolute atomic E-state index is 0.104. The van der Waals surface area contributed by atoms with E-state index in [1.165, 1.54) is 167 Å². The van der Waals surface area contributed by atoms with Crippen molar-refractivity contribution in [3.63, 3.8) is 0 Å². The van der Waals surface area contributed by atoms with Crippen molar-refractivity contribution in [1.82, 2.24) is 0 Å². The Labute approximate surface area is 562 Å². The van der Waals surface area contributed by atoms with E-state index in [0.717, 1.165) is 114 Å². The van der Waals surface area contributed by atoms with Crippen LogP contribution in [-0.2, 0) is 65.4 Å². The molecule has 0 amide bonds. The van der Waals surface area contributed by atoms with Gasteiger partial charge in [0.15, 0.2) is 12.2 Å². The van der Waals surface area contributed by atoms with Crippen molar-refractivity contribution in [2.45, 2.75) is 382 Å². The first kappa shape index (κ1) is 90.1. The molecule has 19 heteroatoms. The number of rotatable bonds is 70. The predicted molar refractivity (Wildman–Crippen MR) is 372 cm³/mol. The number of phosphoric ester groups is 2. The number of carbonyl (C=O) groups is 4. The molecule has 546 valence electrons. The van der Waals surface area contributed by atoms with Crippen molar-refractivity contribution in [2.75, 3.05) is 39.6 Å². The van der Waals surface area contributed by atoms with Crippen molar-refractivity contribution in [3.05, 3.63) is 0 Å². The normalized spacial score (nSPS) is 14.5. The van der Waals surface area contributed by atoms with Crippen LogP contribution in [0.1, 0.15) is 364 Å². The summed E-state index contributed by atoms with van der Waals surface area (Å²) in [4.78, 5) is 72.6. The predicted octanol–water partition coefficient (Wildman–Crippen LogP) is 20.9. The smallest absolute Gasteiger partial charge is 0.462 e. The highest BCUT2D eigenvalue weighted by Gasteiger charge is 2.30. The summed E-state index contributed by atoms with van der Waals surface area (Å²) in [5.74, 6) is 0.892. The third-order valence-electron chi connectivity index (χ3n) is 17.2. The minimum Gasteiger partial charge on any atom is -0.462 e. The molecular weight excluding hydrogens is 1210 g/mol. The van der Waals surface area contributed by atoms with Gasteiger partial charge in [0.2, 0.25) is 0 Å². The van der Waals surface area contributed by atoms with Gasteiger partial charge in [-0.25, -0.2) is 9.13 Å². The summed E-state index contributed by atoms with van der Waals surface area (Å²) in [5, 5.41) is 10.6. The maximum atomic E-state index is 13.0. The van der Waals surface area contributed by atoms with E-state index in [4.69, 9.17) is 37.0 Å². The third kappa shape index (κ3) is 65.4. The zero-order valence-corrected chi connectivity index (χ0v) is 62.0. The van der Waals surface area contributed by atoms with Gasteiger partial charge in [-0.1, -0.05) is 312 Å². The fourth-order valence-electron chi connectivity index (χ4n) is 11.0. The zero-order chi connectivity index (χ0) is 68.2. The van der Waals surface area contributed by atoms with Gasteiger partial charge in [-0.15, -0.1) is 0 Å². The van der Waals surface area contributed by atoms with E-state index in [9.17, 15) is 43.2 Å². The number of esters is 4. The number of carbonyl (C=O) groups excluding carboxylic acids is 4. The average Bonchev–Trinajstić information content (AvgIpc) is 2.56. The second kappa shape index (κ2) is 62.6. The van der Waals surface area contributed by atoms with Gasteiger partial charge in [0.05, 0.1) is 26.4 Å². The molecule has 0 aromatic carbocycles. The van der Waals surface area contributed by atoms with Gasteiger partial charge in [0, 0.05) is 25.7 Å². The molecule has 0 radical (unpaired) electrons. The quantitative estimate of drug-likeness (QED) is 0.0222.